The summed E-state index contributed by atoms with van der Waals surface area (Å²) in [5.41, 5.74) is -0.385. The zero-order valence-corrected chi connectivity index (χ0v) is 13.7. The van der Waals surface area contributed by atoms with Crippen LogP contribution in [0.4, 0.5) is 0 Å². The Kier molecular flexibility index (Phi) is 8.35. The van der Waals surface area contributed by atoms with Crippen molar-refractivity contribution in [2.75, 3.05) is 13.2 Å². The average Bonchev–Trinajstić information content (AvgIpc) is 2.57. The van der Waals surface area contributed by atoms with E-state index in [4.69, 9.17) is 20.1 Å². The summed E-state index contributed by atoms with van der Waals surface area (Å²) in [6.07, 6.45) is -1.42. The maximum atomic E-state index is 12.0. The minimum Gasteiger partial charge on any atom is -0.493 e. The van der Waals surface area contributed by atoms with E-state index in [0.29, 0.717) is 5.75 Å². The lowest BCUT2D eigenvalue weighted by molar-refractivity contribution is -0.153. The third-order valence-electron chi connectivity index (χ3n) is 3.11. The molecule has 0 unspecified atom stereocenters. The molecule has 0 atom stereocenters. The van der Waals surface area contributed by atoms with Gasteiger partial charge in [0.05, 0.1) is 19.4 Å². The molecule has 0 saturated heterocycles. The highest BCUT2D eigenvalue weighted by molar-refractivity contribution is 5.95. The first kappa shape index (κ1) is 20.7. The van der Waals surface area contributed by atoms with Crippen LogP contribution >= 0.6 is 0 Å². The summed E-state index contributed by atoms with van der Waals surface area (Å²) in [6.45, 7) is -0.954. The number of hydrogen-bond acceptors (Lipinski definition) is 6. The van der Waals surface area contributed by atoms with Crippen molar-refractivity contribution in [3.05, 3.63) is 41.5 Å². The molecular formula is C17H18O9. The molecule has 0 aromatic heterocycles. The van der Waals surface area contributed by atoms with Gasteiger partial charge in [-0.1, -0.05) is 18.2 Å². The van der Waals surface area contributed by atoms with Gasteiger partial charge in [-0.25, -0.2) is 9.59 Å². The SMILES string of the molecule is O=C(O)COC(=O)C(CC(=O)O)=C(CCOc1ccccc1)CC(=O)O. The van der Waals surface area contributed by atoms with Crippen molar-refractivity contribution in [2.45, 2.75) is 19.3 Å². The molecular weight excluding hydrogens is 348 g/mol. The second kappa shape index (κ2) is 10.5. The second-order valence-corrected chi connectivity index (χ2v) is 5.10. The summed E-state index contributed by atoms with van der Waals surface area (Å²) in [5.74, 6) is -4.71. The Balaban J connectivity index is 2.96. The molecule has 0 aliphatic carbocycles. The van der Waals surface area contributed by atoms with Crippen LogP contribution in [0.25, 0.3) is 0 Å². The van der Waals surface area contributed by atoms with Gasteiger partial charge in [0.2, 0.25) is 0 Å². The quantitative estimate of drug-likeness (QED) is 0.389. The minimum atomic E-state index is -1.42. The van der Waals surface area contributed by atoms with Crippen LogP contribution in [0.3, 0.4) is 0 Å². The van der Waals surface area contributed by atoms with E-state index in [-0.39, 0.29) is 18.6 Å². The molecule has 9 heteroatoms. The van der Waals surface area contributed by atoms with E-state index in [1.807, 2.05) is 0 Å². The topological polar surface area (TPSA) is 147 Å². The van der Waals surface area contributed by atoms with Crippen molar-refractivity contribution in [1.82, 2.24) is 0 Å². The zero-order valence-electron chi connectivity index (χ0n) is 13.7. The summed E-state index contributed by atoms with van der Waals surface area (Å²) in [5, 5.41) is 26.5. The summed E-state index contributed by atoms with van der Waals surface area (Å²) < 4.78 is 9.93. The maximum Gasteiger partial charge on any atom is 0.341 e. The van der Waals surface area contributed by atoms with E-state index >= 15 is 0 Å². The predicted molar refractivity (Wildman–Crippen MR) is 86.7 cm³/mol. The molecule has 0 radical (unpaired) electrons. The fourth-order valence-electron chi connectivity index (χ4n) is 2.04. The van der Waals surface area contributed by atoms with Crippen molar-refractivity contribution < 1.29 is 44.0 Å². The molecule has 0 spiro atoms. The third-order valence-corrected chi connectivity index (χ3v) is 3.11. The third kappa shape index (κ3) is 7.95. The van der Waals surface area contributed by atoms with Gasteiger partial charge >= 0.3 is 23.9 Å². The highest BCUT2D eigenvalue weighted by Crippen LogP contribution is 2.20. The molecule has 140 valence electrons. The molecule has 1 rings (SSSR count). The van der Waals surface area contributed by atoms with Gasteiger partial charge in [0.15, 0.2) is 6.61 Å². The number of aliphatic carboxylic acids is 3. The molecule has 1 aromatic carbocycles. The fraction of sp³-hybridized carbons (Fsp3) is 0.294. The van der Waals surface area contributed by atoms with Crippen LogP contribution in [-0.4, -0.2) is 52.4 Å². The molecule has 26 heavy (non-hydrogen) atoms. The maximum absolute atomic E-state index is 12.0. The Hall–Kier alpha value is -3.36. The number of ether oxygens (including phenoxy) is 2. The van der Waals surface area contributed by atoms with E-state index in [0.717, 1.165) is 0 Å². The molecule has 0 saturated carbocycles. The van der Waals surface area contributed by atoms with Gasteiger partial charge in [0.1, 0.15) is 5.75 Å². The van der Waals surface area contributed by atoms with Gasteiger partial charge in [0.25, 0.3) is 0 Å². The Bertz CT molecular complexity index is 691. The molecule has 3 N–H and O–H groups in total. The van der Waals surface area contributed by atoms with Gasteiger partial charge in [-0.2, -0.15) is 0 Å². The molecule has 0 heterocycles. The summed E-state index contributed by atoms with van der Waals surface area (Å²) in [7, 11) is 0. The van der Waals surface area contributed by atoms with Crippen molar-refractivity contribution >= 4 is 23.9 Å². The standard InChI is InChI=1S/C17H18O9/c18-14(19)8-11(6-7-25-12-4-2-1-3-5-12)13(9-15(20)21)17(24)26-10-16(22)23/h1-5H,6-10H2,(H,18,19)(H,20,21)(H,22,23). The van der Waals surface area contributed by atoms with Crippen molar-refractivity contribution in [1.29, 1.82) is 0 Å². The number of rotatable bonds is 11. The number of carboxylic acids is 3. The van der Waals surface area contributed by atoms with Crippen molar-refractivity contribution in [3.63, 3.8) is 0 Å². The van der Waals surface area contributed by atoms with Gasteiger partial charge in [-0.3, -0.25) is 9.59 Å². The lowest BCUT2D eigenvalue weighted by Crippen LogP contribution is -2.19. The number of carbonyl (C=O) groups is 4. The van der Waals surface area contributed by atoms with Crippen molar-refractivity contribution in [2.24, 2.45) is 0 Å². The van der Waals surface area contributed by atoms with E-state index in [1.165, 1.54) is 0 Å². The first-order chi connectivity index (χ1) is 12.3. The number of benzene rings is 1. The Morgan fingerprint density at radius 3 is 2.00 bits per heavy atom. The molecule has 9 nitrogen and oxygen atoms in total. The van der Waals surface area contributed by atoms with E-state index < -0.39 is 48.9 Å². The van der Waals surface area contributed by atoms with Crippen LogP contribution in [0.15, 0.2) is 41.5 Å². The number of carbonyl (C=O) groups excluding carboxylic acids is 1. The number of carboxylic acid groups (broad SMARTS) is 3. The second-order valence-electron chi connectivity index (χ2n) is 5.10. The van der Waals surface area contributed by atoms with Crippen molar-refractivity contribution in [3.8, 4) is 5.75 Å². The molecule has 0 amide bonds. The molecule has 0 bridgehead atoms. The largest absolute Gasteiger partial charge is 0.493 e. The van der Waals surface area contributed by atoms with E-state index in [1.54, 1.807) is 30.3 Å². The summed E-state index contributed by atoms with van der Waals surface area (Å²) >= 11 is 0. The first-order valence-electron chi connectivity index (χ1n) is 7.50. The van der Waals surface area contributed by atoms with Crippen LogP contribution in [0.1, 0.15) is 19.3 Å². The molecule has 0 fully saturated rings. The van der Waals surface area contributed by atoms with Gasteiger partial charge in [0, 0.05) is 12.0 Å². The van der Waals surface area contributed by atoms with E-state index in [9.17, 15) is 19.2 Å². The van der Waals surface area contributed by atoms with Gasteiger partial charge in [-0.05, 0) is 17.7 Å². The lowest BCUT2D eigenvalue weighted by Gasteiger charge is -2.13. The summed E-state index contributed by atoms with van der Waals surface area (Å²) in [4.78, 5) is 44.6. The highest BCUT2D eigenvalue weighted by Gasteiger charge is 2.22. The van der Waals surface area contributed by atoms with Gasteiger partial charge < -0.3 is 24.8 Å². The number of esters is 1. The number of hydrogen-bond donors (Lipinski definition) is 3. The normalized spacial score (nSPS) is 11.2. The predicted octanol–water partition coefficient (Wildman–Crippen LogP) is 1.33. The minimum absolute atomic E-state index is 0.00194. The zero-order chi connectivity index (χ0) is 19.5. The Morgan fingerprint density at radius 2 is 1.46 bits per heavy atom. The highest BCUT2D eigenvalue weighted by atomic mass is 16.5. The first-order valence-corrected chi connectivity index (χ1v) is 7.50. The smallest absolute Gasteiger partial charge is 0.341 e. The molecule has 0 aliphatic heterocycles. The number of para-hydroxylation sites is 1. The molecule has 0 aliphatic rings. The van der Waals surface area contributed by atoms with E-state index in [2.05, 4.69) is 4.74 Å². The van der Waals surface area contributed by atoms with Crippen LogP contribution in [0.2, 0.25) is 0 Å². The Morgan fingerprint density at radius 1 is 0.846 bits per heavy atom. The average molecular weight is 366 g/mol. The van der Waals surface area contributed by atoms with Crippen LogP contribution in [-0.2, 0) is 23.9 Å². The lowest BCUT2D eigenvalue weighted by atomic mass is 9.99. The van der Waals surface area contributed by atoms with Crippen LogP contribution in [0.5, 0.6) is 5.75 Å². The van der Waals surface area contributed by atoms with Crippen LogP contribution in [0, 0.1) is 0 Å². The monoisotopic (exact) mass is 366 g/mol. The Labute approximate surface area is 148 Å². The molecule has 1 aromatic rings. The van der Waals surface area contributed by atoms with Gasteiger partial charge in [-0.15, -0.1) is 0 Å². The summed E-state index contributed by atoms with van der Waals surface area (Å²) in [6, 6.07) is 8.62. The fourth-order valence-corrected chi connectivity index (χ4v) is 2.04. The van der Waals surface area contributed by atoms with Crippen LogP contribution < -0.4 is 4.74 Å².